The van der Waals surface area contributed by atoms with Crippen molar-refractivity contribution in [2.24, 2.45) is 5.41 Å². The fourth-order valence-corrected chi connectivity index (χ4v) is 2.31. The summed E-state index contributed by atoms with van der Waals surface area (Å²) in [5, 5.41) is 0. The molecule has 0 amide bonds. The Morgan fingerprint density at radius 1 is 0.710 bits per heavy atom. The molecule has 0 atom stereocenters. The van der Waals surface area contributed by atoms with E-state index in [9.17, 15) is 14.4 Å². The van der Waals surface area contributed by atoms with Gasteiger partial charge < -0.3 is 28.4 Å². The quantitative estimate of drug-likeness (QED) is 0.121. The van der Waals surface area contributed by atoms with E-state index in [0.29, 0.717) is 32.7 Å². The van der Waals surface area contributed by atoms with Crippen molar-refractivity contribution in [2.45, 2.75) is 33.1 Å². The second kappa shape index (κ2) is 18.5. The summed E-state index contributed by atoms with van der Waals surface area (Å²) >= 11 is 0. The monoisotopic (exact) mass is 444 g/mol. The molecule has 0 aromatic carbocycles. The number of hydrogen-bond acceptors (Lipinski definition) is 9. The highest BCUT2D eigenvalue weighted by Crippen LogP contribution is 2.24. The Morgan fingerprint density at radius 3 is 1.48 bits per heavy atom. The van der Waals surface area contributed by atoms with Gasteiger partial charge >= 0.3 is 17.9 Å². The maximum absolute atomic E-state index is 11.4. The lowest BCUT2D eigenvalue weighted by Crippen LogP contribution is -2.38. The van der Waals surface area contributed by atoms with Crippen LogP contribution in [0.15, 0.2) is 25.3 Å². The van der Waals surface area contributed by atoms with Crippen LogP contribution in [0.5, 0.6) is 0 Å². The van der Waals surface area contributed by atoms with E-state index in [-0.39, 0.29) is 45.6 Å². The smallest absolute Gasteiger partial charge is 0.330 e. The SMILES string of the molecule is C=CC(=O)OCCOCC(CC)(COCCOC(=O)C=C)COCCOC(=O)CCC. The van der Waals surface area contributed by atoms with E-state index in [2.05, 4.69) is 13.2 Å². The van der Waals surface area contributed by atoms with Gasteiger partial charge in [-0.1, -0.05) is 27.0 Å². The second-order valence-corrected chi connectivity index (χ2v) is 6.73. The molecule has 0 radical (unpaired) electrons. The molecular weight excluding hydrogens is 408 g/mol. The van der Waals surface area contributed by atoms with Gasteiger partial charge in [0.25, 0.3) is 0 Å². The number of carbonyl (C=O) groups excluding carboxylic acids is 3. The molecule has 0 heterocycles. The molecule has 0 bridgehead atoms. The van der Waals surface area contributed by atoms with Crippen LogP contribution >= 0.6 is 0 Å². The van der Waals surface area contributed by atoms with Crippen molar-refractivity contribution in [3.63, 3.8) is 0 Å². The Kier molecular flexibility index (Phi) is 17.2. The first-order valence-electron chi connectivity index (χ1n) is 10.4. The minimum Gasteiger partial charge on any atom is -0.463 e. The fraction of sp³-hybridized carbons (Fsp3) is 0.682. The van der Waals surface area contributed by atoms with Gasteiger partial charge in [0.1, 0.15) is 19.8 Å². The van der Waals surface area contributed by atoms with Crippen LogP contribution in [-0.2, 0) is 42.8 Å². The molecular formula is C22H36O9. The molecule has 0 N–H and O–H groups in total. The number of carbonyl (C=O) groups is 3. The van der Waals surface area contributed by atoms with Crippen molar-refractivity contribution in [1.82, 2.24) is 0 Å². The maximum Gasteiger partial charge on any atom is 0.330 e. The fourth-order valence-electron chi connectivity index (χ4n) is 2.31. The first-order chi connectivity index (χ1) is 14.9. The van der Waals surface area contributed by atoms with Gasteiger partial charge in [0.05, 0.1) is 39.6 Å². The Bertz CT molecular complexity index is 515. The molecule has 9 nitrogen and oxygen atoms in total. The van der Waals surface area contributed by atoms with E-state index in [1.165, 1.54) is 0 Å². The Hall–Kier alpha value is -2.23. The Balaban J connectivity index is 4.51. The number of ether oxygens (including phenoxy) is 6. The molecule has 0 aliphatic carbocycles. The van der Waals surface area contributed by atoms with Gasteiger partial charge in [-0.3, -0.25) is 4.79 Å². The highest BCUT2D eigenvalue weighted by atomic mass is 16.6. The topological polar surface area (TPSA) is 107 Å². The average Bonchev–Trinajstić information content (AvgIpc) is 2.77. The van der Waals surface area contributed by atoms with E-state index in [1.807, 2.05) is 13.8 Å². The van der Waals surface area contributed by atoms with Gasteiger partial charge in [0.2, 0.25) is 0 Å². The van der Waals surface area contributed by atoms with Crippen molar-refractivity contribution in [3.05, 3.63) is 25.3 Å². The van der Waals surface area contributed by atoms with E-state index in [4.69, 9.17) is 28.4 Å². The lowest BCUT2D eigenvalue weighted by molar-refractivity contribution is -0.146. The first-order valence-corrected chi connectivity index (χ1v) is 10.4. The zero-order valence-electron chi connectivity index (χ0n) is 18.7. The van der Waals surface area contributed by atoms with Gasteiger partial charge in [0, 0.05) is 24.0 Å². The summed E-state index contributed by atoms with van der Waals surface area (Å²) in [5.41, 5.74) is -0.474. The number of esters is 3. The summed E-state index contributed by atoms with van der Waals surface area (Å²) in [4.78, 5) is 33.6. The largest absolute Gasteiger partial charge is 0.463 e. The Labute approximate surface area is 184 Å². The summed E-state index contributed by atoms with van der Waals surface area (Å²) in [6.07, 6.45) is 3.97. The molecule has 0 spiro atoms. The van der Waals surface area contributed by atoms with Gasteiger partial charge in [-0.05, 0) is 12.8 Å². The number of hydrogen-bond donors (Lipinski definition) is 0. The van der Waals surface area contributed by atoms with E-state index in [1.54, 1.807) is 0 Å². The first kappa shape index (κ1) is 28.8. The zero-order valence-corrected chi connectivity index (χ0v) is 18.7. The van der Waals surface area contributed by atoms with Gasteiger partial charge in [-0.15, -0.1) is 0 Å². The molecule has 0 saturated carbocycles. The van der Waals surface area contributed by atoms with Crippen LogP contribution in [0.25, 0.3) is 0 Å². The van der Waals surface area contributed by atoms with Crippen LogP contribution in [0.2, 0.25) is 0 Å². The minimum absolute atomic E-state index is 0.108. The zero-order chi connectivity index (χ0) is 23.4. The summed E-state index contributed by atoms with van der Waals surface area (Å²) in [7, 11) is 0. The van der Waals surface area contributed by atoms with Crippen LogP contribution in [0.4, 0.5) is 0 Å². The van der Waals surface area contributed by atoms with Crippen molar-refractivity contribution >= 4 is 17.9 Å². The lowest BCUT2D eigenvalue weighted by Gasteiger charge is -2.32. The molecule has 31 heavy (non-hydrogen) atoms. The average molecular weight is 445 g/mol. The van der Waals surface area contributed by atoms with Crippen LogP contribution in [0, 0.1) is 5.41 Å². The third-order valence-electron chi connectivity index (χ3n) is 4.20. The Morgan fingerprint density at radius 2 is 1.13 bits per heavy atom. The molecule has 9 heteroatoms. The van der Waals surface area contributed by atoms with Crippen molar-refractivity contribution in [1.29, 1.82) is 0 Å². The third kappa shape index (κ3) is 15.3. The highest BCUT2D eigenvalue weighted by Gasteiger charge is 2.30. The van der Waals surface area contributed by atoms with Crippen molar-refractivity contribution < 1.29 is 42.8 Å². The molecule has 0 aliphatic heterocycles. The van der Waals surface area contributed by atoms with E-state index >= 15 is 0 Å². The van der Waals surface area contributed by atoms with Crippen molar-refractivity contribution in [3.8, 4) is 0 Å². The molecule has 0 unspecified atom stereocenters. The van der Waals surface area contributed by atoms with E-state index < -0.39 is 17.4 Å². The van der Waals surface area contributed by atoms with E-state index in [0.717, 1.165) is 18.6 Å². The molecule has 0 aliphatic rings. The van der Waals surface area contributed by atoms with Crippen LogP contribution in [0.1, 0.15) is 33.1 Å². The summed E-state index contributed by atoms with van der Waals surface area (Å²) < 4.78 is 31.9. The lowest BCUT2D eigenvalue weighted by atomic mass is 9.88. The predicted octanol–water partition coefficient (Wildman–Crippen LogP) is 2.23. The summed E-state index contributed by atoms with van der Waals surface area (Å²) in [6, 6.07) is 0. The van der Waals surface area contributed by atoms with Gasteiger partial charge in [0.15, 0.2) is 0 Å². The normalized spacial score (nSPS) is 10.9. The van der Waals surface area contributed by atoms with Gasteiger partial charge in [-0.2, -0.15) is 0 Å². The molecule has 0 saturated heterocycles. The minimum atomic E-state index is -0.510. The maximum atomic E-state index is 11.4. The third-order valence-corrected chi connectivity index (χ3v) is 4.20. The van der Waals surface area contributed by atoms with Crippen LogP contribution in [0.3, 0.4) is 0 Å². The molecule has 0 aromatic heterocycles. The predicted molar refractivity (Wildman–Crippen MR) is 113 cm³/mol. The van der Waals surface area contributed by atoms with Crippen LogP contribution < -0.4 is 0 Å². The molecule has 0 rings (SSSR count). The summed E-state index contributed by atoms with van der Waals surface area (Å²) in [6.45, 7) is 12.5. The molecule has 0 aromatic rings. The second-order valence-electron chi connectivity index (χ2n) is 6.73. The molecule has 178 valence electrons. The van der Waals surface area contributed by atoms with Crippen molar-refractivity contribution in [2.75, 3.05) is 59.5 Å². The summed E-state index contributed by atoms with van der Waals surface area (Å²) in [5.74, 6) is -1.27. The van der Waals surface area contributed by atoms with Gasteiger partial charge in [-0.25, -0.2) is 9.59 Å². The standard InChI is InChI=1S/C22H36O9/c1-5-9-21(25)31-15-12-28-18-22(8-4,16-26-10-13-29-19(23)6-2)17-27-11-14-30-20(24)7-3/h6-7H,2-3,5,8-18H2,1,4H3. The number of rotatable bonds is 20. The molecule has 0 fully saturated rings. The van der Waals surface area contributed by atoms with Crippen LogP contribution in [-0.4, -0.2) is 77.4 Å². The highest BCUT2D eigenvalue weighted by molar-refractivity contribution is 5.81.